The van der Waals surface area contributed by atoms with Gasteiger partial charge in [0.2, 0.25) is 0 Å². The van der Waals surface area contributed by atoms with Gasteiger partial charge in [-0.3, -0.25) is 4.72 Å². The van der Waals surface area contributed by atoms with E-state index in [1.165, 1.54) is 6.07 Å². The number of anilines is 1. The number of hydrogen-bond donors (Lipinski definition) is 1. The Morgan fingerprint density at radius 3 is 2.65 bits per heavy atom. The van der Waals surface area contributed by atoms with Gasteiger partial charge in [0.1, 0.15) is 21.7 Å². The smallest absolute Gasteiger partial charge is 0.264 e. The number of fused-ring (bicyclic) bond motifs is 1. The topological polar surface area (TPSA) is 86.1 Å². The molecule has 4 rings (SSSR count). The maximum atomic E-state index is 12.9. The summed E-state index contributed by atoms with van der Waals surface area (Å²) in [7, 11) is -2.24. The summed E-state index contributed by atoms with van der Waals surface area (Å²) < 4.78 is 43.7. The lowest BCUT2D eigenvalue weighted by atomic mass is 10.2. The molecule has 2 aromatic heterocycles. The highest BCUT2D eigenvalue weighted by atomic mass is 32.2. The quantitative estimate of drug-likeness (QED) is 0.569. The number of hydrogen-bond acceptors (Lipinski definition) is 6. The number of sulfonamides is 1. The third-order valence-electron chi connectivity index (χ3n) is 3.85. The van der Waals surface area contributed by atoms with Crippen molar-refractivity contribution in [3.8, 4) is 11.4 Å². The van der Waals surface area contributed by atoms with Crippen LogP contribution < -0.4 is 9.46 Å². The highest BCUT2D eigenvalue weighted by molar-refractivity contribution is 7.93. The van der Waals surface area contributed by atoms with E-state index < -0.39 is 10.0 Å². The Labute approximate surface area is 154 Å². The number of ether oxygens (including phenoxy) is 1. The lowest BCUT2D eigenvalue weighted by molar-refractivity contribution is 0.413. The van der Waals surface area contributed by atoms with Crippen LogP contribution in [-0.4, -0.2) is 28.8 Å². The van der Waals surface area contributed by atoms with Gasteiger partial charge in [-0.1, -0.05) is 6.07 Å². The first-order valence-corrected chi connectivity index (χ1v) is 9.85. The largest absolute Gasteiger partial charge is 0.495 e. The summed E-state index contributed by atoms with van der Waals surface area (Å²) in [4.78, 5) is 0.0992. The van der Waals surface area contributed by atoms with Crippen LogP contribution in [0.1, 0.15) is 0 Å². The van der Waals surface area contributed by atoms with Crippen LogP contribution in [0.5, 0.6) is 5.75 Å². The zero-order valence-corrected chi connectivity index (χ0v) is 15.3. The Balaban J connectivity index is 1.75. The van der Waals surface area contributed by atoms with E-state index in [1.54, 1.807) is 37.4 Å². The summed E-state index contributed by atoms with van der Waals surface area (Å²) >= 11 is 0.983. The number of nitrogens with zero attached hydrogens (tertiary/aromatic N) is 3. The van der Waals surface area contributed by atoms with E-state index in [0.717, 1.165) is 17.4 Å². The molecule has 0 spiro atoms. The molecule has 0 atom stereocenters. The minimum absolute atomic E-state index is 0.0992. The van der Waals surface area contributed by atoms with Crippen LogP contribution in [0, 0.1) is 0 Å². The van der Waals surface area contributed by atoms with E-state index >= 15 is 0 Å². The monoisotopic (exact) mass is 386 g/mol. The lowest BCUT2D eigenvalue weighted by Gasteiger charge is -2.13. The maximum Gasteiger partial charge on any atom is 0.264 e. The summed E-state index contributed by atoms with van der Waals surface area (Å²) in [6.07, 6.45) is 3.72. The second-order valence-electron chi connectivity index (χ2n) is 5.47. The van der Waals surface area contributed by atoms with Crippen LogP contribution in [-0.2, 0) is 10.0 Å². The van der Waals surface area contributed by atoms with Crippen molar-refractivity contribution in [2.45, 2.75) is 4.90 Å². The number of rotatable bonds is 5. The molecule has 0 amide bonds. The molecule has 7 nitrogen and oxygen atoms in total. The molecule has 0 saturated heterocycles. The van der Waals surface area contributed by atoms with E-state index in [1.807, 2.05) is 29.1 Å². The first kappa shape index (κ1) is 16.6. The molecule has 2 heterocycles. The number of aromatic nitrogens is 3. The van der Waals surface area contributed by atoms with Crippen LogP contribution in [0.15, 0.2) is 65.8 Å². The van der Waals surface area contributed by atoms with Crippen LogP contribution in [0.2, 0.25) is 0 Å². The number of nitrogens with one attached hydrogen (secondary N) is 1. The summed E-state index contributed by atoms with van der Waals surface area (Å²) in [5.74, 6) is 0.634. The summed E-state index contributed by atoms with van der Waals surface area (Å²) in [6.45, 7) is 0. The number of benzene rings is 2. The van der Waals surface area contributed by atoms with E-state index in [0.29, 0.717) is 22.5 Å². The van der Waals surface area contributed by atoms with Gasteiger partial charge in [-0.05, 0) is 42.5 Å². The van der Waals surface area contributed by atoms with Crippen molar-refractivity contribution in [3.63, 3.8) is 0 Å². The molecule has 132 valence electrons. The highest BCUT2D eigenvalue weighted by Gasteiger charge is 2.20. The fourth-order valence-electron chi connectivity index (χ4n) is 2.66. The molecule has 0 aliphatic carbocycles. The zero-order chi connectivity index (χ0) is 18.1. The normalized spacial score (nSPS) is 11.6. The summed E-state index contributed by atoms with van der Waals surface area (Å²) in [5, 5.41) is 0. The predicted octanol–water partition coefficient (Wildman–Crippen LogP) is 3.29. The predicted molar refractivity (Wildman–Crippen MR) is 101 cm³/mol. The van der Waals surface area contributed by atoms with Gasteiger partial charge in [0.05, 0.1) is 30.2 Å². The molecule has 2 aromatic carbocycles. The minimum Gasteiger partial charge on any atom is -0.495 e. The van der Waals surface area contributed by atoms with Crippen LogP contribution in [0.25, 0.3) is 16.7 Å². The van der Waals surface area contributed by atoms with E-state index in [-0.39, 0.29) is 4.90 Å². The molecule has 0 fully saturated rings. The van der Waals surface area contributed by atoms with Gasteiger partial charge in [0, 0.05) is 12.4 Å². The SMILES string of the molecule is COc1ccc(NS(=O)(=O)c2cccc3nsnc23)cc1-n1cccc1. The van der Waals surface area contributed by atoms with Crippen molar-refractivity contribution in [3.05, 3.63) is 60.9 Å². The van der Waals surface area contributed by atoms with Gasteiger partial charge >= 0.3 is 0 Å². The average Bonchev–Trinajstić information content (AvgIpc) is 3.32. The molecule has 0 aliphatic heterocycles. The highest BCUT2D eigenvalue weighted by Crippen LogP contribution is 2.29. The van der Waals surface area contributed by atoms with Gasteiger partial charge < -0.3 is 9.30 Å². The molecule has 0 radical (unpaired) electrons. The van der Waals surface area contributed by atoms with Gasteiger partial charge in [0.15, 0.2) is 0 Å². The second kappa shape index (κ2) is 6.43. The molecule has 9 heteroatoms. The molecule has 0 unspecified atom stereocenters. The number of methoxy groups -OCH3 is 1. The van der Waals surface area contributed by atoms with Crippen molar-refractivity contribution < 1.29 is 13.2 Å². The van der Waals surface area contributed by atoms with Crippen LogP contribution in [0.4, 0.5) is 5.69 Å². The fraction of sp³-hybridized carbons (Fsp3) is 0.0588. The molecule has 0 saturated carbocycles. The van der Waals surface area contributed by atoms with Gasteiger partial charge in [-0.15, -0.1) is 0 Å². The maximum absolute atomic E-state index is 12.9. The van der Waals surface area contributed by atoms with E-state index in [9.17, 15) is 8.42 Å². The third-order valence-corrected chi connectivity index (χ3v) is 5.81. The van der Waals surface area contributed by atoms with Crippen LogP contribution >= 0.6 is 11.7 Å². The third kappa shape index (κ3) is 2.91. The zero-order valence-electron chi connectivity index (χ0n) is 13.7. The van der Waals surface area contributed by atoms with Crippen molar-refractivity contribution >= 4 is 38.5 Å². The Bertz CT molecular complexity index is 1170. The molecule has 4 aromatic rings. The minimum atomic E-state index is -3.81. The van der Waals surface area contributed by atoms with Crippen molar-refractivity contribution in [2.75, 3.05) is 11.8 Å². The van der Waals surface area contributed by atoms with Crippen molar-refractivity contribution in [2.24, 2.45) is 0 Å². The Morgan fingerprint density at radius 2 is 1.88 bits per heavy atom. The standard InChI is InChI=1S/C17H14N4O3S2/c1-24-15-8-7-12(11-14(15)21-9-2-3-10-21)20-26(22,23)16-6-4-5-13-17(16)19-25-18-13/h2-11,20H,1H3. The Kier molecular flexibility index (Phi) is 4.09. The first-order chi connectivity index (χ1) is 12.6. The van der Waals surface area contributed by atoms with Crippen molar-refractivity contribution in [1.29, 1.82) is 0 Å². The summed E-state index contributed by atoms with van der Waals surface area (Å²) in [5.41, 5.74) is 2.07. The average molecular weight is 386 g/mol. The Hall–Kier alpha value is -2.91. The van der Waals surface area contributed by atoms with E-state index in [4.69, 9.17) is 4.74 Å². The van der Waals surface area contributed by atoms with Gasteiger partial charge in [0.25, 0.3) is 10.0 Å². The second-order valence-corrected chi connectivity index (χ2v) is 7.65. The molecular formula is C17H14N4O3S2. The molecule has 0 bridgehead atoms. The molecule has 1 N–H and O–H groups in total. The molecule has 0 aliphatic rings. The fourth-order valence-corrected chi connectivity index (χ4v) is 4.48. The molecular weight excluding hydrogens is 372 g/mol. The Morgan fingerprint density at radius 1 is 1.08 bits per heavy atom. The first-order valence-electron chi connectivity index (χ1n) is 7.64. The van der Waals surface area contributed by atoms with Gasteiger partial charge in [-0.2, -0.15) is 8.75 Å². The van der Waals surface area contributed by atoms with Crippen molar-refractivity contribution in [1.82, 2.24) is 13.3 Å². The molecule has 26 heavy (non-hydrogen) atoms. The lowest BCUT2D eigenvalue weighted by Crippen LogP contribution is -2.13. The summed E-state index contributed by atoms with van der Waals surface area (Å²) in [6, 6.07) is 13.8. The van der Waals surface area contributed by atoms with Gasteiger partial charge in [-0.25, -0.2) is 8.42 Å². The van der Waals surface area contributed by atoms with E-state index in [2.05, 4.69) is 13.5 Å². The van der Waals surface area contributed by atoms with Crippen LogP contribution in [0.3, 0.4) is 0 Å².